The molecule has 1 rings (SSSR count). The molecule has 80 valence electrons. The summed E-state index contributed by atoms with van der Waals surface area (Å²) in [4.78, 5) is 11.3. The fraction of sp³-hybridized carbons (Fsp3) is 0.545. The number of esters is 1. The van der Waals surface area contributed by atoms with Crippen LogP contribution in [-0.2, 0) is 9.53 Å². The van der Waals surface area contributed by atoms with Crippen LogP contribution >= 0.6 is 0 Å². The molecule has 1 saturated carbocycles. The van der Waals surface area contributed by atoms with Gasteiger partial charge in [-0.05, 0) is 26.2 Å². The maximum atomic E-state index is 11.3. The summed E-state index contributed by atoms with van der Waals surface area (Å²) in [5, 5.41) is 16.4. The van der Waals surface area contributed by atoms with E-state index in [1.165, 1.54) is 0 Å². The Kier molecular flexibility index (Phi) is 4.04. The van der Waals surface area contributed by atoms with Gasteiger partial charge in [0.15, 0.2) is 0 Å². The molecule has 0 aromatic rings. The van der Waals surface area contributed by atoms with E-state index in [4.69, 9.17) is 15.4 Å². The van der Waals surface area contributed by atoms with Crippen LogP contribution in [0, 0.1) is 22.7 Å². The van der Waals surface area contributed by atoms with Crippen molar-refractivity contribution in [1.82, 2.24) is 0 Å². The fourth-order valence-electron chi connectivity index (χ4n) is 1.62. The lowest BCUT2D eigenvalue weighted by atomic mass is 10.0. The molecule has 15 heavy (non-hydrogen) atoms. The number of carbonyl (C=O) groups excluding carboxylic acids is 1. The third kappa shape index (κ3) is 2.91. The molecule has 0 saturated heterocycles. The molecule has 1 N–H and O–H groups in total. The standard InChI is InChI=1S/C11H14N2O2/c1-2-15-11(14)9(7-12)6-8-4-3-5-10(8)13/h6,8,13H,2-5H2,1H3/b9-6+,13-10?. The van der Waals surface area contributed by atoms with Crippen molar-refractivity contribution in [3.05, 3.63) is 11.6 Å². The van der Waals surface area contributed by atoms with Crippen molar-refractivity contribution in [2.45, 2.75) is 26.2 Å². The number of nitriles is 1. The van der Waals surface area contributed by atoms with Crippen molar-refractivity contribution in [3.63, 3.8) is 0 Å². The molecule has 0 heterocycles. The van der Waals surface area contributed by atoms with Crippen LogP contribution in [0.25, 0.3) is 0 Å². The van der Waals surface area contributed by atoms with Crippen LogP contribution < -0.4 is 0 Å². The molecule has 1 unspecified atom stereocenters. The van der Waals surface area contributed by atoms with Crippen LogP contribution in [0.3, 0.4) is 0 Å². The van der Waals surface area contributed by atoms with Crippen LogP contribution in [0.15, 0.2) is 11.6 Å². The lowest BCUT2D eigenvalue weighted by Gasteiger charge is -2.04. The van der Waals surface area contributed by atoms with Gasteiger partial charge in [0.25, 0.3) is 0 Å². The Balaban J connectivity index is 2.74. The van der Waals surface area contributed by atoms with Crippen LogP contribution in [-0.4, -0.2) is 18.3 Å². The zero-order valence-corrected chi connectivity index (χ0v) is 8.75. The van der Waals surface area contributed by atoms with Gasteiger partial charge in [-0.15, -0.1) is 0 Å². The van der Waals surface area contributed by atoms with Gasteiger partial charge in [-0.3, -0.25) is 0 Å². The van der Waals surface area contributed by atoms with Gasteiger partial charge in [0.1, 0.15) is 11.6 Å². The Hall–Kier alpha value is -1.63. The minimum absolute atomic E-state index is 0.0218. The van der Waals surface area contributed by atoms with Crippen LogP contribution in [0.4, 0.5) is 0 Å². The number of ether oxygens (including phenoxy) is 1. The number of hydrogen-bond acceptors (Lipinski definition) is 4. The third-order valence-electron chi connectivity index (χ3n) is 2.39. The number of nitrogens with one attached hydrogen (secondary N) is 1. The lowest BCUT2D eigenvalue weighted by molar-refractivity contribution is -0.138. The van der Waals surface area contributed by atoms with Gasteiger partial charge >= 0.3 is 5.97 Å². The van der Waals surface area contributed by atoms with Gasteiger partial charge in [-0.2, -0.15) is 5.26 Å². The van der Waals surface area contributed by atoms with Crippen molar-refractivity contribution in [1.29, 1.82) is 10.7 Å². The Labute approximate surface area is 89.0 Å². The molecule has 1 atom stereocenters. The van der Waals surface area contributed by atoms with E-state index in [9.17, 15) is 4.79 Å². The predicted molar refractivity (Wildman–Crippen MR) is 55.4 cm³/mol. The molecule has 1 fully saturated rings. The Bertz CT molecular complexity index is 339. The summed E-state index contributed by atoms with van der Waals surface area (Å²) in [5.74, 6) is -0.635. The van der Waals surface area contributed by atoms with Gasteiger partial charge in [0.2, 0.25) is 0 Å². The number of nitrogens with zero attached hydrogens (tertiary/aromatic N) is 1. The molecule has 0 radical (unpaired) electrons. The quantitative estimate of drug-likeness (QED) is 0.435. The molecule has 0 aromatic heterocycles. The van der Waals surface area contributed by atoms with E-state index in [2.05, 4.69) is 0 Å². The SMILES string of the molecule is CCOC(=O)/C(C#N)=C/C1CCCC1=N. The Morgan fingerprint density at radius 2 is 2.53 bits per heavy atom. The first-order chi connectivity index (χ1) is 7.19. The van der Waals surface area contributed by atoms with E-state index in [0.29, 0.717) is 5.71 Å². The maximum Gasteiger partial charge on any atom is 0.348 e. The van der Waals surface area contributed by atoms with Crippen LogP contribution in [0.2, 0.25) is 0 Å². The van der Waals surface area contributed by atoms with Gasteiger partial charge < -0.3 is 10.1 Å². The number of hydrogen-bond donors (Lipinski definition) is 1. The van der Waals surface area contributed by atoms with Crippen molar-refractivity contribution in [2.75, 3.05) is 6.61 Å². The van der Waals surface area contributed by atoms with E-state index < -0.39 is 5.97 Å². The highest BCUT2D eigenvalue weighted by molar-refractivity contribution is 5.95. The summed E-state index contributed by atoms with van der Waals surface area (Å²) in [5.41, 5.74) is 0.626. The lowest BCUT2D eigenvalue weighted by Crippen LogP contribution is -2.10. The number of carbonyl (C=O) groups is 1. The maximum absolute atomic E-state index is 11.3. The van der Waals surface area contributed by atoms with Crippen molar-refractivity contribution < 1.29 is 9.53 Å². The second kappa shape index (κ2) is 5.30. The Morgan fingerprint density at radius 1 is 1.80 bits per heavy atom. The largest absolute Gasteiger partial charge is 0.462 e. The molecule has 4 nitrogen and oxygen atoms in total. The summed E-state index contributed by atoms with van der Waals surface area (Å²) in [6.07, 6.45) is 4.14. The minimum atomic E-state index is -0.584. The van der Waals surface area contributed by atoms with E-state index in [-0.39, 0.29) is 18.1 Å². The molecule has 0 aliphatic heterocycles. The zero-order chi connectivity index (χ0) is 11.3. The third-order valence-corrected chi connectivity index (χ3v) is 2.39. The first-order valence-corrected chi connectivity index (χ1v) is 5.05. The van der Waals surface area contributed by atoms with E-state index in [1.807, 2.05) is 6.07 Å². The first-order valence-electron chi connectivity index (χ1n) is 5.05. The second-order valence-corrected chi connectivity index (χ2v) is 3.44. The fourth-order valence-corrected chi connectivity index (χ4v) is 1.62. The molecule has 4 heteroatoms. The summed E-state index contributed by atoms with van der Waals surface area (Å²) < 4.78 is 4.74. The monoisotopic (exact) mass is 206 g/mol. The smallest absolute Gasteiger partial charge is 0.348 e. The average Bonchev–Trinajstić information content (AvgIpc) is 2.61. The van der Waals surface area contributed by atoms with Crippen LogP contribution in [0.1, 0.15) is 26.2 Å². The molecule has 1 aliphatic rings. The molecule has 0 spiro atoms. The molecular weight excluding hydrogens is 192 g/mol. The molecule has 1 aliphatic carbocycles. The van der Waals surface area contributed by atoms with Gasteiger partial charge in [-0.1, -0.05) is 6.08 Å². The summed E-state index contributed by atoms with van der Waals surface area (Å²) in [6.45, 7) is 1.96. The average molecular weight is 206 g/mol. The van der Waals surface area contributed by atoms with Crippen molar-refractivity contribution >= 4 is 11.7 Å². The normalized spacial score (nSPS) is 21.2. The van der Waals surface area contributed by atoms with Crippen LogP contribution in [0.5, 0.6) is 0 Å². The topological polar surface area (TPSA) is 73.9 Å². The molecule has 0 aromatic carbocycles. The number of allylic oxidation sites excluding steroid dienone is 1. The summed E-state index contributed by atoms with van der Waals surface area (Å²) in [7, 11) is 0. The van der Waals surface area contributed by atoms with E-state index in [0.717, 1.165) is 19.3 Å². The summed E-state index contributed by atoms with van der Waals surface area (Å²) in [6, 6.07) is 1.82. The predicted octanol–water partition coefficient (Wildman–Crippen LogP) is 1.82. The van der Waals surface area contributed by atoms with Gasteiger partial charge in [0, 0.05) is 11.6 Å². The van der Waals surface area contributed by atoms with Gasteiger partial charge in [0.05, 0.1) is 6.61 Å². The molecular formula is C11H14N2O2. The number of rotatable bonds is 3. The second-order valence-electron chi connectivity index (χ2n) is 3.44. The van der Waals surface area contributed by atoms with E-state index in [1.54, 1.807) is 13.0 Å². The highest BCUT2D eigenvalue weighted by atomic mass is 16.5. The van der Waals surface area contributed by atoms with Crippen molar-refractivity contribution in [3.8, 4) is 6.07 Å². The first kappa shape index (κ1) is 11.4. The molecule has 0 amide bonds. The minimum Gasteiger partial charge on any atom is -0.462 e. The zero-order valence-electron chi connectivity index (χ0n) is 8.75. The van der Waals surface area contributed by atoms with Gasteiger partial charge in [-0.25, -0.2) is 4.79 Å². The van der Waals surface area contributed by atoms with E-state index >= 15 is 0 Å². The van der Waals surface area contributed by atoms with Crippen molar-refractivity contribution in [2.24, 2.45) is 5.92 Å². The highest BCUT2D eigenvalue weighted by Crippen LogP contribution is 2.23. The molecule has 0 bridgehead atoms. The Morgan fingerprint density at radius 3 is 3.00 bits per heavy atom. The summed E-state index contributed by atoms with van der Waals surface area (Å²) >= 11 is 0. The highest BCUT2D eigenvalue weighted by Gasteiger charge is 2.21.